The minimum Gasteiger partial charge on any atom is -0.344 e. The van der Waals surface area contributed by atoms with Gasteiger partial charge in [-0.05, 0) is 41.5 Å². The van der Waals surface area contributed by atoms with Gasteiger partial charge in [0.2, 0.25) is 14.7 Å². The minimum atomic E-state index is -4.90. The second kappa shape index (κ2) is 13.1. The zero-order valence-corrected chi connectivity index (χ0v) is 26.8. The molecule has 0 saturated heterocycles. The highest BCUT2D eigenvalue weighted by Gasteiger charge is 2.43. The standard InChI is InChI=1S/C6H17O7P3.C4H12O6P2.C4H11O3P/c1-6(2,3)15(9,10)4-14(7,8)5-16(11,12)13;1-4(2,3)11(5,6)10-12(7,8)9;1-4(2,3)8(5,6)7/h4-5H2,1-3H3,(H,7,8)(H,9,10)(H2,11,12,13);1-3H3,(H,5,6)(H2,7,8,9);1-3H3,(H2,5,6,7). The van der Waals surface area contributed by atoms with E-state index in [1.54, 1.807) is 0 Å². The van der Waals surface area contributed by atoms with E-state index in [1.807, 2.05) is 0 Å². The first-order chi connectivity index (χ1) is 14.9. The topological polar surface area (TPSA) is 294 Å². The molecule has 0 aliphatic heterocycles. The van der Waals surface area contributed by atoms with Crippen molar-refractivity contribution in [3.05, 3.63) is 0 Å². The van der Waals surface area contributed by atoms with Crippen molar-refractivity contribution in [1.29, 1.82) is 0 Å². The maximum Gasteiger partial charge on any atom is 0.476 e. The Morgan fingerprint density at radius 3 is 0.972 bits per heavy atom. The van der Waals surface area contributed by atoms with Crippen LogP contribution in [0.4, 0.5) is 0 Å². The van der Waals surface area contributed by atoms with Crippen LogP contribution in [0.5, 0.6) is 0 Å². The lowest BCUT2D eigenvalue weighted by Gasteiger charge is -2.27. The molecular weight excluding hydrogens is 610 g/mol. The highest BCUT2D eigenvalue weighted by molar-refractivity contribution is 7.81. The van der Waals surface area contributed by atoms with Crippen LogP contribution in [-0.4, -0.2) is 71.3 Å². The van der Waals surface area contributed by atoms with Crippen molar-refractivity contribution in [1.82, 2.24) is 0 Å². The maximum atomic E-state index is 11.7. The van der Waals surface area contributed by atoms with Gasteiger partial charge in [0.15, 0.2) is 0 Å². The lowest BCUT2D eigenvalue weighted by molar-refractivity contribution is 0.254. The molecule has 0 fully saturated rings. The van der Waals surface area contributed by atoms with E-state index in [2.05, 4.69) is 4.31 Å². The molecule has 0 saturated carbocycles. The molecule has 0 aliphatic carbocycles. The smallest absolute Gasteiger partial charge is 0.344 e. The van der Waals surface area contributed by atoms with Gasteiger partial charge in [-0.2, -0.15) is 0 Å². The van der Waals surface area contributed by atoms with Gasteiger partial charge in [-0.1, -0.05) is 20.8 Å². The van der Waals surface area contributed by atoms with E-state index in [-0.39, 0.29) is 0 Å². The summed E-state index contributed by atoms with van der Waals surface area (Å²) in [7, 11) is -25.9. The van der Waals surface area contributed by atoms with Gasteiger partial charge in [0, 0.05) is 5.16 Å². The fourth-order valence-corrected chi connectivity index (χ4v) is 10.8. The van der Waals surface area contributed by atoms with Crippen molar-refractivity contribution < 1.29 is 75.7 Å². The molecule has 22 heteroatoms. The summed E-state index contributed by atoms with van der Waals surface area (Å²) in [6.45, 7) is 12.8. The SMILES string of the molecule is CC(C)(C)P(=O)(O)CP(=O)(O)CP(=O)(O)O.CC(C)(C)P(=O)(O)O.CC(C)(C)P(=O)(O)OP(=O)(O)O. The largest absolute Gasteiger partial charge is 0.476 e. The third-order valence-electron chi connectivity index (χ3n) is 3.80. The van der Waals surface area contributed by atoms with Crippen LogP contribution in [0.1, 0.15) is 62.3 Å². The molecule has 0 aliphatic rings. The van der Waals surface area contributed by atoms with Gasteiger partial charge in [0.25, 0.3) is 0 Å². The molecular formula is C14H40O16P6. The Morgan fingerprint density at radius 2 is 0.833 bits per heavy atom. The molecule has 0 aromatic heterocycles. The Hall–Kier alpha value is 0.980. The van der Waals surface area contributed by atoms with Crippen molar-refractivity contribution >= 4 is 45.3 Å². The summed E-state index contributed by atoms with van der Waals surface area (Å²) < 4.78 is 69.1. The average molecular weight is 650 g/mol. The predicted molar refractivity (Wildman–Crippen MR) is 136 cm³/mol. The Morgan fingerprint density at radius 1 is 0.528 bits per heavy atom. The van der Waals surface area contributed by atoms with E-state index in [0.717, 1.165) is 0 Å². The third-order valence-corrected chi connectivity index (χ3v) is 17.6. The average Bonchev–Trinajstić information content (AvgIpc) is 2.36. The first-order valence-electron chi connectivity index (χ1n) is 9.70. The first kappa shape index (κ1) is 41.5. The van der Waals surface area contributed by atoms with Gasteiger partial charge in [-0.15, -0.1) is 0 Å². The van der Waals surface area contributed by atoms with Gasteiger partial charge in [-0.25, -0.2) is 8.88 Å². The molecule has 0 radical (unpaired) electrons. The van der Waals surface area contributed by atoms with Crippen LogP contribution in [0.3, 0.4) is 0 Å². The molecule has 0 aromatic carbocycles. The predicted octanol–water partition coefficient (Wildman–Crippen LogP) is 3.46. The number of hydrogen-bond acceptors (Lipinski definition) is 7. The normalized spacial score (nSPS) is 18.8. The monoisotopic (exact) mass is 650 g/mol. The Bertz CT molecular complexity index is 998. The van der Waals surface area contributed by atoms with Gasteiger partial charge in [-0.3, -0.25) is 22.8 Å². The van der Waals surface area contributed by atoms with E-state index < -0.39 is 72.6 Å². The number of hydrogen-bond donors (Lipinski definition) is 9. The zero-order chi connectivity index (χ0) is 30.6. The molecule has 9 N–H and O–H groups in total. The molecule has 3 atom stereocenters. The van der Waals surface area contributed by atoms with Crippen LogP contribution in [0.25, 0.3) is 0 Å². The Labute approximate surface area is 210 Å². The summed E-state index contributed by atoms with van der Waals surface area (Å²) in [6.07, 6.45) is 0. The van der Waals surface area contributed by atoms with Crippen molar-refractivity contribution in [2.75, 3.05) is 11.8 Å². The zero-order valence-electron chi connectivity index (χ0n) is 21.5. The van der Waals surface area contributed by atoms with Crippen molar-refractivity contribution in [2.45, 2.75) is 77.8 Å². The highest BCUT2D eigenvalue weighted by atomic mass is 31.3. The van der Waals surface area contributed by atoms with Crippen LogP contribution in [0.15, 0.2) is 0 Å². The van der Waals surface area contributed by atoms with E-state index >= 15 is 0 Å². The molecule has 0 bridgehead atoms. The van der Waals surface area contributed by atoms with E-state index in [4.69, 9.17) is 34.3 Å². The number of phosphoric acid groups is 1. The van der Waals surface area contributed by atoms with Crippen LogP contribution in [0.2, 0.25) is 0 Å². The molecule has 16 nitrogen and oxygen atoms in total. The van der Waals surface area contributed by atoms with E-state index in [1.165, 1.54) is 62.3 Å². The summed E-state index contributed by atoms with van der Waals surface area (Å²) in [5.74, 6) is -2.24. The third kappa shape index (κ3) is 19.1. The van der Waals surface area contributed by atoms with Gasteiger partial charge in [0.05, 0.1) is 10.3 Å². The second-order valence-corrected chi connectivity index (χ2v) is 25.1. The molecule has 0 amide bonds. The van der Waals surface area contributed by atoms with E-state index in [9.17, 15) is 37.2 Å². The second-order valence-electron chi connectivity index (χ2n) is 10.6. The minimum absolute atomic E-state index is 0.896. The fourth-order valence-electron chi connectivity index (χ4n) is 1.11. The maximum absolute atomic E-state index is 11.7. The summed E-state index contributed by atoms with van der Waals surface area (Å²) in [6, 6.07) is 0. The van der Waals surface area contributed by atoms with Crippen LogP contribution in [-0.2, 0) is 31.7 Å². The van der Waals surface area contributed by atoms with Crippen molar-refractivity contribution in [3.63, 3.8) is 0 Å². The van der Waals surface area contributed by atoms with Crippen molar-refractivity contribution in [3.8, 4) is 0 Å². The van der Waals surface area contributed by atoms with Crippen LogP contribution >= 0.6 is 45.3 Å². The molecule has 0 rings (SSSR count). The highest BCUT2D eigenvalue weighted by Crippen LogP contribution is 2.67. The summed E-state index contributed by atoms with van der Waals surface area (Å²) in [5.41, 5.74) is 0. The molecule has 0 aromatic rings. The lowest BCUT2D eigenvalue weighted by Crippen LogP contribution is -2.17. The van der Waals surface area contributed by atoms with Gasteiger partial charge in [0.1, 0.15) is 11.8 Å². The molecule has 0 heterocycles. The van der Waals surface area contributed by atoms with E-state index in [0.29, 0.717) is 0 Å². The van der Waals surface area contributed by atoms with Crippen LogP contribution < -0.4 is 0 Å². The summed E-state index contributed by atoms with van der Waals surface area (Å²) >= 11 is 0. The van der Waals surface area contributed by atoms with Crippen molar-refractivity contribution in [2.24, 2.45) is 0 Å². The number of rotatable bonds is 6. The first-order valence-corrected chi connectivity index (χ1v) is 20.1. The summed E-state index contributed by atoms with van der Waals surface area (Å²) in [4.78, 5) is 78.5. The Balaban J connectivity index is -0.000000481. The quantitative estimate of drug-likeness (QED) is 0.186. The molecule has 222 valence electrons. The van der Waals surface area contributed by atoms with Gasteiger partial charge < -0.3 is 44.0 Å². The molecule has 36 heavy (non-hydrogen) atoms. The summed E-state index contributed by atoms with van der Waals surface area (Å²) in [5, 5.41) is -3.19. The molecule has 3 unspecified atom stereocenters. The fraction of sp³-hybridized carbons (Fsp3) is 1.00. The lowest BCUT2D eigenvalue weighted by atomic mass is 10.3. The van der Waals surface area contributed by atoms with Gasteiger partial charge >= 0.3 is 30.6 Å². The van der Waals surface area contributed by atoms with Crippen LogP contribution in [0, 0.1) is 0 Å². The Kier molecular flexibility index (Phi) is 15.1. The molecule has 0 spiro atoms.